The second-order valence-corrected chi connectivity index (χ2v) is 5.53. The number of nitrogens with zero attached hydrogens (tertiary/aromatic N) is 1. The van der Waals surface area contributed by atoms with Crippen LogP contribution in [-0.2, 0) is 10.2 Å². The van der Waals surface area contributed by atoms with E-state index in [0.717, 1.165) is 31.4 Å². The lowest BCUT2D eigenvalue weighted by Crippen LogP contribution is -2.42. The number of para-hydroxylation sites is 1. The monoisotopic (exact) mass is 433 g/mol. The summed E-state index contributed by atoms with van der Waals surface area (Å²) in [7, 11) is 3.52. The van der Waals surface area contributed by atoms with E-state index in [0.29, 0.717) is 6.61 Å². The fraction of sp³-hybridized carbons (Fsp3) is 0.588. The molecule has 1 aromatic rings. The fourth-order valence-electron chi connectivity index (χ4n) is 2.63. The molecule has 0 heterocycles. The summed E-state index contributed by atoms with van der Waals surface area (Å²) in [5.41, 5.74) is 1.46. The number of hydrogen-bond donors (Lipinski definition) is 2. The first-order chi connectivity index (χ1) is 10.8. The summed E-state index contributed by atoms with van der Waals surface area (Å²) < 4.78 is 10.8. The van der Waals surface area contributed by atoms with Gasteiger partial charge in [-0.05, 0) is 25.8 Å². The smallest absolute Gasteiger partial charge is 0.191 e. The SMILES string of the molecule is CCOCCNC(=NC)NCC1(c2ccccc2OC)CC1.I. The lowest BCUT2D eigenvalue weighted by atomic mass is 9.95. The molecule has 5 nitrogen and oxygen atoms in total. The molecule has 1 aliphatic carbocycles. The van der Waals surface area contributed by atoms with Gasteiger partial charge in [0.1, 0.15) is 5.75 Å². The first kappa shape index (κ1) is 20.0. The Morgan fingerprint density at radius 2 is 2.00 bits per heavy atom. The molecule has 0 unspecified atom stereocenters. The number of halogens is 1. The minimum atomic E-state index is 0. The number of nitrogens with one attached hydrogen (secondary N) is 2. The summed E-state index contributed by atoms with van der Waals surface area (Å²) in [5, 5.41) is 6.69. The van der Waals surface area contributed by atoms with Gasteiger partial charge in [-0.3, -0.25) is 4.99 Å². The maximum atomic E-state index is 5.51. The van der Waals surface area contributed by atoms with Crippen molar-refractivity contribution in [1.82, 2.24) is 10.6 Å². The van der Waals surface area contributed by atoms with Crippen LogP contribution in [0, 0.1) is 0 Å². The summed E-state index contributed by atoms with van der Waals surface area (Å²) in [4.78, 5) is 4.26. The van der Waals surface area contributed by atoms with Gasteiger partial charge in [-0.15, -0.1) is 24.0 Å². The Morgan fingerprint density at radius 1 is 1.26 bits per heavy atom. The molecule has 0 aliphatic heterocycles. The molecule has 0 spiro atoms. The van der Waals surface area contributed by atoms with Gasteiger partial charge >= 0.3 is 0 Å². The molecule has 6 heteroatoms. The van der Waals surface area contributed by atoms with E-state index >= 15 is 0 Å². The zero-order valence-electron chi connectivity index (χ0n) is 14.2. The van der Waals surface area contributed by atoms with E-state index < -0.39 is 0 Å². The maximum absolute atomic E-state index is 5.51. The molecule has 0 saturated heterocycles. The molecular weight excluding hydrogens is 405 g/mol. The van der Waals surface area contributed by atoms with Crippen molar-refractivity contribution in [3.63, 3.8) is 0 Å². The van der Waals surface area contributed by atoms with Crippen LogP contribution in [-0.4, -0.2) is 46.4 Å². The van der Waals surface area contributed by atoms with Crippen LogP contribution in [0.1, 0.15) is 25.3 Å². The number of benzene rings is 1. The zero-order chi connectivity index (χ0) is 15.8. The van der Waals surface area contributed by atoms with Gasteiger partial charge in [-0.1, -0.05) is 18.2 Å². The lowest BCUT2D eigenvalue weighted by Gasteiger charge is -2.21. The van der Waals surface area contributed by atoms with Crippen molar-refractivity contribution in [2.75, 3.05) is 40.5 Å². The molecule has 1 aliphatic rings. The first-order valence-corrected chi connectivity index (χ1v) is 7.91. The van der Waals surface area contributed by atoms with Crippen molar-refractivity contribution in [2.45, 2.75) is 25.2 Å². The molecule has 2 rings (SSSR count). The normalized spacial score (nSPS) is 15.5. The van der Waals surface area contributed by atoms with E-state index in [1.165, 1.54) is 18.4 Å². The van der Waals surface area contributed by atoms with Crippen molar-refractivity contribution in [1.29, 1.82) is 0 Å². The Hall–Kier alpha value is -1.02. The third kappa shape index (κ3) is 5.53. The molecule has 0 amide bonds. The number of guanidine groups is 1. The molecule has 130 valence electrons. The second-order valence-electron chi connectivity index (χ2n) is 5.53. The fourth-order valence-corrected chi connectivity index (χ4v) is 2.63. The number of rotatable bonds is 8. The Balaban J connectivity index is 0.00000264. The van der Waals surface area contributed by atoms with Gasteiger partial charge in [0.2, 0.25) is 0 Å². The van der Waals surface area contributed by atoms with E-state index in [1.807, 2.05) is 19.1 Å². The zero-order valence-corrected chi connectivity index (χ0v) is 16.6. The number of aliphatic imine (C=N–C) groups is 1. The summed E-state index contributed by atoms with van der Waals surface area (Å²) in [5.74, 6) is 1.79. The molecule has 0 aromatic heterocycles. The van der Waals surface area contributed by atoms with Gasteiger partial charge in [0, 0.05) is 37.7 Å². The molecule has 0 radical (unpaired) electrons. The van der Waals surface area contributed by atoms with Crippen LogP contribution in [0.4, 0.5) is 0 Å². The van der Waals surface area contributed by atoms with E-state index in [2.05, 4.69) is 27.8 Å². The molecule has 2 N–H and O–H groups in total. The third-order valence-corrected chi connectivity index (χ3v) is 4.09. The summed E-state index contributed by atoms with van der Waals surface area (Å²) in [6.07, 6.45) is 2.35. The third-order valence-electron chi connectivity index (χ3n) is 4.09. The molecular formula is C17H28IN3O2. The highest BCUT2D eigenvalue weighted by atomic mass is 127. The van der Waals surface area contributed by atoms with Crippen molar-refractivity contribution < 1.29 is 9.47 Å². The predicted molar refractivity (Wildman–Crippen MR) is 105 cm³/mol. The van der Waals surface area contributed by atoms with Crippen LogP contribution in [0.25, 0.3) is 0 Å². The van der Waals surface area contributed by atoms with Crippen molar-refractivity contribution in [3.05, 3.63) is 29.8 Å². The first-order valence-electron chi connectivity index (χ1n) is 7.91. The highest BCUT2D eigenvalue weighted by molar-refractivity contribution is 14.0. The van der Waals surface area contributed by atoms with Crippen LogP contribution < -0.4 is 15.4 Å². The van der Waals surface area contributed by atoms with E-state index in [-0.39, 0.29) is 29.4 Å². The minimum Gasteiger partial charge on any atom is -0.496 e. The molecule has 1 fully saturated rings. The highest BCUT2D eigenvalue weighted by Crippen LogP contribution is 2.50. The second kappa shape index (κ2) is 9.97. The topological polar surface area (TPSA) is 54.9 Å². The summed E-state index contributed by atoms with van der Waals surface area (Å²) in [6.45, 7) is 5.05. The van der Waals surface area contributed by atoms with Gasteiger partial charge < -0.3 is 20.1 Å². The maximum Gasteiger partial charge on any atom is 0.191 e. The van der Waals surface area contributed by atoms with Gasteiger partial charge in [-0.25, -0.2) is 0 Å². The van der Waals surface area contributed by atoms with Crippen molar-refractivity contribution in [3.8, 4) is 5.75 Å². The summed E-state index contributed by atoms with van der Waals surface area (Å²) >= 11 is 0. The average Bonchev–Trinajstić information content (AvgIpc) is 3.35. The Kier molecular flexibility index (Phi) is 8.68. The Morgan fingerprint density at radius 3 is 2.61 bits per heavy atom. The van der Waals surface area contributed by atoms with Crippen LogP contribution in [0.2, 0.25) is 0 Å². The number of ether oxygens (including phenoxy) is 2. The van der Waals surface area contributed by atoms with Gasteiger partial charge in [0.15, 0.2) is 5.96 Å². The van der Waals surface area contributed by atoms with Crippen LogP contribution in [0.3, 0.4) is 0 Å². The van der Waals surface area contributed by atoms with Crippen molar-refractivity contribution in [2.24, 2.45) is 4.99 Å². The van der Waals surface area contributed by atoms with E-state index in [9.17, 15) is 0 Å². The van der Waals surface area contributed by atoms with Crippen molar-refractivity contribution >= 4 is 29.9 Å². The largest absolute Gasteiger partial charge is 0.496 e. The summed E-state index contributed by atoms with van der Waals surface area (Å²) in [6, 6.07) is 8.29. The standard InChI is InChI=1S/C17H27N3O2.HI/c1-4-22-12-11-19-16(18-2)20-13-17(9-10-17)14-7-5-6-8-15(14)21-3;/h5-8H,4,9-13H2,1-3H3,(H2,18,19,20);1H. The molecule has 1 aromatic carbocycles. The van der Waals surface area contributed by atoms with Gasteiger partial charge in [0.05, 0.1) is 13.7 Å². The van der Waals surface area contributed by atoms with Gasteiger partial charge in [0.25, 0.3) is 0 Å². The molecule has 23 heavy (non-hydrogen) atoms. The predicted octanol–water partition coefficient (Wildman–Crippen LogP) is 2.55. The number of methoxy groups -OCH3 is 1. The van der Waals surface area contributed by atoms with Crippen LogP contribution >= 0.6 is 24.0 Å². The minimum absolute atomic E-state index is 0. The van der Waals surface area contributed by atoms with E-state index in [1.54, 1.807) is 14.2 Å². The van der Waals surface area contributed by atoms with Crippen LogP contribution in [0.15, 0.2) is 29.3 Å². The molecule has 1 saturated carbocycles. The van der Waals surface area contributed by atoms with E-state index in [4.69, 9.17) is 9.47 Å². The number of hydrogen-bond acceptors (Lipinski definition) is 3. The van der Waals surface area contributed by atoms with Crippen LogP contribution in [0.5, 0.6) is 5.75 Å². The molecule has 0 bridgehead atoms. The molecule has 0 atom stereocenters. The average molecular weight is 433 g/mol. The lowest BCUT2D eigenvalue weighted by molar-refractivity contribution is 0.152. The Labute approximate surface area is 156 Å². The van der Waals surface area contributed by atoms with Gasteiger partial charge in [-0.2, -0.15) is 0 Å². The quantitative estimate of drug-likeness (QED) is 0.287. The highest BCUT2D eigenvalue weighted by Gasteiger charge is 2.45. The Bertz CT molecular complexity index is 504.